The quantitative estimate of drug-likeness (QED) is 0.895. The van der Waals surface area contributed by atoms with Gasteiger partial charge < -0.3 is 19.9 Å². The molecule has 0 radical (unpaired) electrons. The number of amides is 2. The maximum absolute atomic E-state index is 12.9. The molecule has 2 N–H and O–H groups in total. The molecule has 132 valence electrons. The number of carbonyl (C=O) groups is 2. The monoisotopic (exact) mass is 335 g/mol. The topological polar surface area (TPSA) is 98.7 Å². The SMILES string of the molecule is Cc1cc(CC(=O)N2CCC[C@]23CC(C)(C)O[C@H]3CC(N)=O)on1. The van der Waals surface area contributed by atoms with E-state index in [-0.39, 0.29) is 30.5 Å². The second-order valence-corrected chi connectivity index (χ2v) is 7.58. The molecule has 2 amide bonds. The van der Waals surface area contributed by atoms with Crippen LogP contribution in [0.5, 0.6) is 0 Å². The summed E-state index contributed by atoms with van der Waals surface area (Å²) in [5.74, 6) is 0.144. The number of aryl methyl sites for hydroxylation is 1. The number of nitrogens with two attached hydrogens (primary N) is 1. The number of hydrogen-bond acceptors (Lipinski definition) is 5. The molecule has 2 saturated heterocycles. The molecule has 0 aromatic carbocycles. The normalized spacial score (nSPS) is 28.6. The summed E-state index contributed by atoms with van der Waals surface area (Å²) < 4.78 is 11.3. The predicted octanol–water partition coefficient (Wildman–Crippen LogP) is 1.33. The summed E-state index contributed by atoms with van der Waals surface area (Å²) in [5.41, 5.74) is 5.33. The Kier molecular flexibility index (Phi) is 4.15. The fourth-order valence-corrected chi connectivity index (χ4v) is 4.34. The predicted molar refractivity (Wildman–Crippen MR) is 86.0 cm³/mol. The molecule has 0 saturated carbocycles. The van der Waals surface area contributed by atoms with E-state index < -0.39 is 11.4 Å². The number of rotatable bonds is 4. The van der Waals surface area contributed by atoms with Gasteiger partial charge in [0, 0.05) is 19.0 Å². The maximum Gasteiger partial charge on any atom is 0.230 e. The van der Waals surface area contributed by atoms with E-state index in [9.17, 15) is 9.59 Å². The third-order valence-corrected chi connectivity index (χ3v) is 5.01. The Balaban J connectivity index is 1.84. The molecule has 24 heavy (non-hydrogen) atoms. The van der Waals surface area contributed by atoms with Crippen LogP contribution in [0, 0.1) is 6.92 Å². The summed E-state index contributed by atoms with van der Waals surface area (Å²) in [6.07, 6.45) is 2.39. The van der Waals surface area contributed by atoms with Gasteiger partial charge in [-0.2, -0.15) is 0 Å². The summed E-state index contributed by atoms with van der Waals surface area (Å²) in [7, 11) is 0. The lowest BCUT2D eigenvalue weighted by atomic mass is 9.82. The van der Waals surface area contributed by atoms with Crippen molar-refractivity contribution in [2.45, 2.75) is 70.1 Å². The molecular formula is C17H25N3O4. The van der Waals surface area contributed by atoms with Crippen LogP contribution in [-0.2, 0) is 20.7 Å². The lowest BCUT2D eigenvalue weighted by Crippen LogP contribution is -2.54. The van der Waals surface area contributed by atoms with Gasteiger partial charge in [0.25, 0.3) is 0 Å². The van der Waals surface area contributed by atoms with Gasteiger partial charge in [-0.25, -0.2) is 0 Å². The van der Waals surface area contributed by atoms with Crippen molar-refractivity contribution in [1.29, 1.82) is 0 Å². The van der Waals surface area contributed by atoms with Crippen molar-refractivity contribution in [2.24, 2.45) is 5.73 Å². The molecule has 3 rings (SSSR count). The zero-order valence-corrected chi connectivity index (χ0v) is 14.5. The number of likely N-dealkylation sites (tertiary alicyclic amines) is 1. The highest BCUT2D eigenvalue weighted by Gasteiger charge is 2.58. The van der Waals surface area contributed by atoms with Gasteiger partial charge in [-0.1, -0.05) is 5.16 Å². The number of hydrogen-bond donors (Lipinski definition) is 1. The van der Waals surface area contributed by atoms with Crippen molar-refractivity contribution < 1.29 is 18.8 Å². The minimum absolute atomic E-state index is 0.0144. The zero-order valence-electron chi connectivity index (χ0n) is 14.5. The van der Waals surface area contributed by atoms with Crippen LogP contribution in [0.4, 0.5) is 0 Å². The number of nitrogens with zero attached hydrogens (tertiary/aromatic N) is 2. The third kappa shape index (κ3) is 3.05. The summed E-state index contributed by atoms with van der Waals surface area (Å²) in [6.45, 7) is 6.48. The molecule has 2 atom stereocenters. The molecular weight excluding hydrogens is 310 g/mol. The lowest BCUT2D eigenvalue weighted by molar-refractivity contribution is -0.139. The molecule has 0 aliphatic carbocycles. The first-order valence-corrected chi connectivity index (χ1v) is 8.41. The van der Waals surface area contributed by atoms with Crippen LogP contribution in [-0.4, -0.2) is 45.7 Å². The van der Waals surface area contributed by atoms with Crippen molar-refractivity contribution in [3.8, 4) is 0 Å². The highest BCUT2D eigenvalue weighted by Crippen LogP contribution is 2.48. The summed E-state index contributed by atoms with van der Waals surface area (Å²) in [4.78, 5) is 26.3. The standard InChI is InChI=1S/C17H25N3O4/c1-11-7-12(24-19-11)8-15(22)20-6-4-5-17(20)10-16(2,3)23-13(17)9-14(18)21/h7,13H,4-6,8-10H2,1-3H3,(H2,18,21)/t13-,17+/m0/s1. The van der Waals surface area contributed by atoms with Gasteiger partial charge in [0.05, 0.1) is 35.8 Å². The molecule has 0 bridgehead atoms. The van der Waals surface area contributed by atoms with Gasteiger partial charge in [0.1, 0.15) is 5.76 Å². The fourth-order valence-electron chi connectivity index (χ4n) is 4.34. The molecule has 1 aromatic rings. The minimum Gasteiger partial charge on any atom is -0.370 e. The van der Waals surface area contributed by atoms with E-state index in [0.29, 0.717) is 18.7 Å². The summed E-state index contributed by atoms with van der Waals surface area (Å²) >= 11 is 0. The third-order valence-electron chi connectivity index (χ3n) is 5.01. The maximum atomic E-state index is 12.9. The van der Waals surface area contributed by atoms with E-state index >= 15 is 0 Å². The summed E-state index contributed by atoms with van der Waals surface area (Å²) in [6, 6.07) is 1.77. The highest BCUT2D eigenvalue weighted by atomic mass is 16.5. The summed E-state index contributed by atoms with van der Waals surface area (Å²) in [5, 5.41) is 3.83. The van der Waals surface area contributed by atoms with Crippen molar-refractivity contribution in [3.63, 3.8) is 0 Å². The largest absolute Gasteiger partial charge is 0.370 e. The van der Waals surface area contributed by atoms with E-state index in [2.05, 4.69) is 5.16 Å². The van der Waals surface area contributed by atoms with E-state index in [1.54, 1.807) is 6.07 Å². The van der Waals surface area contributed by atoms with Crippen LogP contribution in [0.15, 0.2) is 10.6 Å². The van der Waals surface area contributed by atoms with Gasteiger partial charge in [-0.15, -0.1) is 0 Å². The average molecular weight is 335 g/mol. The first-order valence-electron chi connectivity index (χ1n) is 8.41. The number of aromatic nitrogens is 1. The van der Waals surface area contributed by atoms with Crippen LogP contribution >= 0.6 is 0 Å². The van der Waals surface area contributed by atoms with Gasteiger partial charge in [0.2, 0.25) is 11.8 Å². The number of primary amides is 1. The number of ether oxygens (including phenoxy) is 1. The molecule has 2 aliphatic rings. The first-order chi connectivity index (χ1) is 11.2. The van der Waals surface area contributed by atoms with E-state index in [0.717, 1.165) is 18.5 Å². The highest BCUT2D eigenvalue weighted by molar-refractivity contribution is 5.80. The molecule has 3 heterocycles. The molecule has 2 fully saturated rings. The Hall–Kier alpha value is -1.89. The van der Waals surface area contributed by atoms with Crippen LogP contribution < -0.4 is 5.73 Å². The van der Waals surface area contributed by atoms with Crippen LogP contribution in [0.3, 0.4) is 0 Å². The van der Waals surface area contributed by atoms with Gasteiger partial charge >= 0.3 is 0 Å². The zero-order chi connectivity index (χ0) is 17.5. The smallest absolute Gasteiger partial charge is 0.230 e. The molecule has 0 unspecified atom stereocenters. The minimum atomic E-state index is -0.454. The first kappa shape index (κ1) is 17.0. The van der Waals surface area contributed by atoms with Crippen molar-refractivity contribution in [1.82, 2.24) is 10.1 Å². The Morgan fingerprint density at radius 1 is 1.46 bits per heavy atom. The average Bonchev–Trinajstić information content (AvgIpc) is 3.09. The molecule has 2 aliphatic heterocycles. The van der Waals surface area contributed by atoms with Crippen molar-refractivity contribution >= 4 is 11.8 Å². The Labute approximate surface area is 141 Å². The Morgan fingerprint density at radius 3 is 2.83 bits per heavy atom. The van der Waals surface area contributed by atoms with E-state index in [1.165, 1.54) is 0 Å². The number of carbonyl (C=O) groups excluding carboxylic acids is 2. The van der Waals surface area contributed by atoms with Crippen molar-refractivity contribution in [2.75, 3.05) is 6.54 Å². The molecule has 1 aromatic heterocycles. The Morgan fingerprint density at radius 2 is 2.21 bits per heavy atom. The fraction of sp³-hybridized carbons (Fsp3) is 0.706. The van der Waals surface area contributed by atoms with Gasteiger partial charge in [0.15, 0.2) is 0 Å². The van der Waals surface area contributed by atoms with Crippen LogP contribution in [0.1, 0.15) is 51.0 Å². The second kappa shape index (κ2) is 5.88. The second-order valence-electron chi connectivity index (χ2n) is 7.58. The molecule has 7 nitrogen and oxygen atoms in total. The molecule has 1 spiro atoms. The Bertz CT molecular complexity index is 654. The van der Waals surface area contributed by atoms with Crippen LogP contribution in [0.25, 0.3) is 0 Å². The van der Waals surface area contributed by atoms with Crippen molar-refractivity contribution in [3.05, 3.63) is 17.5 Å². The lowest BCUT2D eigenvalue weighted by Gasteiger charge is -2.38. The van der Waals surface area contributed by atoms with Gasteiger partial charge in [-0.3, -0.25) is 9.59 Å². The van der Waals surface area contributed by atoms with E-state index in [1.807, 2.05) is 25.7 Å². The van der Waals surface area contributed by atoms with Gasteiger partial charge in [-0.05, 0) is 33.6 Å². The van der Waals surface area contributed by atoms with Crippen LogP contribution in [0.2, 0.25) is 0 Å². The molecule has 7 heteroatoms. The van der Waals surface area contributed by atoms with E-state index in [4.69, 9.17) is 15.0 Å².